The van der Waals surface area contributed by atoms with Crippen molar-refractivity contribution in [1.29, 1.82) is 0 Å². The van der Waals surface area contributed by atoms with Gasteiger partial charge in [0.15, 0.2) is 0 Å². The van der Waals surface area contributed by atoms with E-state index in [4.69, 9.17) is 16.3 Å². The maximum Gasteiger partial charge on any atom is 0.116 e. The highest BCUT2D eigenvalue weighted by Crippen LogP contribution is 2.40. The Balaban J connectivity index is 2.52. The van der Waals surface area contributed by atoms with Gasteiger partial charge in [0.05, 0.1) is 13.2 Å². The molecule has 1 aliphatic rings. The molecule has 1 nitrogen and oxygen atoms in total. The maximum absolute atomic E-state index is 6.47. The van der Waals surface area contributed by atoms with Gasteiger partial charge in [-0.1, -0.05) is 17.7 Å². The van der Waals surface area contributed by atoms with Crippen molar-refractivity contribution in [2.24, 2.45) is 0 Å². The normalized spacial score (nSPS) is 19.1. The van der Waals surface area contributed by atoms with Crippen LogP contribution in [0.15, 0.2) is 12.1 Å². The summed E-state index contributed by atoms with van der Waals surface area (Å²) in [7, 11) is 0. The zero-order valence-corrected chi connectivity index (χ0v) is 9.61. The first-order valence-electron chi connectivity index (χ1n) is 4.88. The van der Waals surface area contributed by atoms with Gasteiger partial charge >= 0.3 is 0 Å². The number of hydrogen-bond acceptors (Lipinski definition) is 1. The lowest BCUT2D eigenvalue weighted by molar-refractivity contribution is -0.0157. The van der Waals surface area contributed by atoms with Gasteiger partial charge in [0.25, 0.3) is 0 Å². The Morgan fingerprint density at radius 2 is 1.64 bits per heavy atom. The van der Waals surface area contributed by atoms with Gasteiger partial charge in [-0.25, -0.2) is 0 Å². The van der Waals surface area contributed by atoms with E-state index in [1.54, 1.807) is 0 Å². The van der Waals surface area contributed by atoms with Crippen LogP contribution in [0.3, 0.4) is 0 Å². The molecule has 1 fully saturated rings. The first-order chi connectivity index (χ1) is 6.53. The van der Waals surface area contributed by atoms with Gasteiger partial charge in [-0.05, 0) is 37.5 Å². The molecule has 0 saturated carbocycles. The molecule has 0 spiro atoms. The van der Waals surface area contributed by atoms with E-state index >= 15 is 0 Å². The van der Waals surface area contributed by atoms with E-state index in [1.165, 1.54) is 22.3 Å². The first kappa shape index (κ1) is 10.0. The molecular weight excluding hydrogens is 196 g/mol. The van der Waals surface area contributed by atoms with Crippen molar-refractivity contribution >= 4 is 11.6 Å². The molecule has 1 aromatic rings. The molecule has 0 radical (unpaired) electrons. The van der Waals surface area contributed by atoms with Crippen LogP contribution < -0.4 is 0 Å². The first-order valence-corrected chi connectivity index (χ1v) is 5.26. The number of rotatable bonds is 1. The van der Waals surface area contributed by atoms with Crippen molar-refractivity contribution in [3.63, 3.8) is 0 Å². The average Bonchev–Trinajstić information content (AvgIpc) is 1.99. The number of ether oxygens (including phenoxy) is 1. The fraction of sp³-hybridized carbons (Fsp3) is 0.500. The van der Waals surface area contributed by atoms with Crippen molar-refractivity contribution in [1.82, 2.24) is 0 Å². The highest BCUT2D eigenvalue weighted by atomic mass is 35.5. The van der Waals surface area contributed by atoms with Crippen LogP contribution in [0.2, 0.25) is 0 Å². The molecular formula is C12H15ClO. The van der Waals surface area contributed by atoms with E-state index in [9.17, 15) is 0 Å². The highest BCUT2D eigenvalue weighted by molar-refractivity contribution is 6.25. The zero-order valence-electron chi connectivity index (χ0n) is 8.86. The lowest BCUT2D eigenvalue weighted by atomic mass is 9.87. The molecule has 76 valence electrons. The Kier molecular flexibility index (Phi) is 2.32. The smallest absolute Gasteiger partial charge is 0.116 e. The summed E-state index contributed by atoms with van der Waals surface area (Å²) < 4.78 is 5.20. The molecule has 1 aromatic carbocycles. The second kappa shape index (κ2) is 3.25. The van der Waals surface area contributed by atoms with E-state index in [-0.39, 0.29) is 4.87 Å². The molecule has 1 heterocycles. The Hall–Kier alpha value is -0.530. The van der Waals surface area contributed by atoms with E-state index in [1.807, 2.05) is 0 Å². The minimum absolute atomic E-state index is 0.262. The lowest BCUT2D eigenvalue weighted by Crippen LogP contribution is -2.42. The van der Waals surface area contributed by atoms with Gasteiger partial charge in [0.1, 0.15) is 4.87 Å². The van der Waals surface area contributed by atoms with Crippen molar-refractivity contribution in [3.8, 4) is 0 Å². The Bertz CT molecular complexity index is 344. The molecule has 0 aliphatic carbocycles. The SMILES string of the molecule is Cc1cc(C)c(C2(Cl)COC2)c(C)c1. The van der Waals surface area contributed by atoms with Gasteiger partial charge in [0.2, 0.25) is 0 Å². The molecule has 1 aliphatic heterocycles. The van der Waals surface area contributed by atoms with E-state index < -0.39 is 0 Å². The lowest BCUT2D eigenvalue weighted by Gasteiger charge is -2.38. The van der Waals surface area contributed by atoms with Gasteiger partial charge in [-0.2, -0.15) is 0 Å². The summed E-state index contributed by atoms with van der Waals surface area (Å²) in [6.07, 6.45) is 0. The van der Waals surface area contributed by atoms with Crippen LogP contribution in [-0.2, 0) is 9.61 Å². The van der Waals surface area contributed by atoms with E-state index in [0.29, 0.717) is 13.2 Å². The summed E-state index contributed by atoms with van der Waals surface area (Å²) in [5, 5.41) is 0. The molecule has 0 unspecified atom stereocenters. The molecule has 0 amide bonds. The molecule has 0 N–H and O–H groups in total. The third-order valence-electron chi connectivity index (χ3n) is 2.79. The molecule has 0 aromatic heterocycles. The second-order valence-electron chi connectivity index (χ2n) is 4.23. The Labute approximate surface area is 90.0 Å². The van der Waals surface area contributed by atoms with Crippen LogP contribution in [0.5, 0.6) is 0 Å². The zero-order chi connectivity index (χ0) is 10.3. The number of halogens is 1. The van der Waals surface area contributed by atoms with Gasteiger partial charge in [-0.15, -0.1) is 11.6 Å². The molecule has 14 heavy (non-hydrogen) atoms. The molecule has 2 heteroatoms. The molecule has 0 atom stereocenters. The number of hydrogen-bond donors (Lipinski definition) is 0. The quantitative estimate of drug-likeness (QED) is 0.648. The van der Waals surface area contributed by atoms with Crippen molar-refractivity contribution < 1.29 is 4.74 Å². The monoisotopic (exact) mass is 210 g/mol. The van der Waals surface area contributed by atoms with Crippen LogP contribution >= 0.6 is 11.6 Å². The Morgan fingerprint density at radius 1 is 1.14 bits per heavy atom. The van der Waals surface area contributed by atoms with Crippen LogP contribution in [0.4, 0.5) is 0 Å². The standard InChI is InChI=1S/C12H15ClO/c1-8-4-9(2)11(10(3)5-8)12(13)6-14-7-12/h4-5H,6-7H2,1-3H3. The van der Waals surface area contributed by atoms with Crippen molar-refractivity contribution in [2.75, 3.05) is 13.2 Å². The molecule has 1 saturated heterocycles. The summed E-state index contributed by atoms with van der Waals surface area (Å²) in [4.78, 5) is -0.262. The largest absolute Gasteiger partial charge is 0.377 e. The van der Waals surface area contributed by atoms with Gasteiger partial charge < -0.3 is 4.74 Å². The van der Waals surface area contributed by atoms with E-state index in [2.05, 4.69) is 32.9 Å². The summed E-state index contributed by atoms with van der Waals surface area (Å²) in [6, 6.07) is 4.37. The third-order valence-corrected chi connectivity index (χ3v) is 3.19. The predicted molar refractivity (Wildman–Crippen MR) is 59.0 cm³/mol. The van der Waals surface area contributed by atoms with E-state index in [0.717, 1.165) is 0 Å². The summed E-state index contributed by atoms with van der Waals surface area (Å²) in [6.45, 7) is 7.64. The summed E-state index contributed by atoms with van der Waals surface area (Å²) in [5.74, 6) is 0. The third kappa shape index (κ3) is 1.45. The van der Waals surface area contributed by atoms with Crippen molar-refractivity contribution in [2.45, 2.75) is 25.6 Å². The van der Waals surface area contributed by atoms with Crippen molar-refractivity contribution in [3.05, 3.63) is 34.4 Å². The number of alkyl halides is 1. The highest BCUT2D eigenvalue weighted by Gasteiger charge is 2.40. The fourth-order valence-electron chi connectivity index (χ4n) is 2.31. The minimum atomic E-state index is -0.262. The summed E-state index contributed by atoms with van der Waals surface area (Å²) >= 11 is 6.47. The number of aryl methyl sites for hydroxylation is 3. The molecule has 0 bridgehead atoms. The van der Waals surface area contributed by atoms with Crippen LogP contribution in [0.1, 0.15) is 22.3 Å². The van der Waals surface area contributed by atoms with Crippen LogP contribution in [0, 0.1) is 20.8 Å². The van der Waals surface area contributed by atoms with Gasteiger partial charge in [-0.3, -0.25) is 0 Å². The van der Waals surface area contributed by atoms with Crippen LogP contribution in [0.25, 0.3) is 0 Å². The Morgan fingerprint density at radius 3 is 2.00 bits per heavy atom. The minimum Gasteiger partial charge on any atom is -0.377 e. The van der Waals surface area contributed by atoms with Gasteiger partial charge in [0, 0.05) is 0 Å². The van der Waals surface area contributed by atoms with Crippen LogP contribution in [-0.4, -0.2) is 13.2 Å². The topological polar surface area (TPSA) is 9.23 Å². The second-order valence-corrected chi connectivity index (χ2v) is 4.96. The maximum atomic E-state index is 6.47. The number of benzene rings is 1. The predicted octanol–water partition coefficient (Wildman–Crippen LogP) is 3.08. The summed E-state index contributed by atoms with van der Waals surface area (Å²) in [5.41, 5.74) is 5.11. The average molecular weight is 211 g/mol. The fourth-order valence-corrected chi connectivity index (χ4v) is 2.76. The molecule has 2 rings (SSSR count).